The van der Waals surface area contributed by atoms with E-state index in [2.05, 4.69) is 55.1 Å². The summed E-state index contributed by atoms with van der Waals surface area (Å²) in [5.41, 5.74) is 5.07. The van der Waals surface area contributed by atoms with Crippen molar-refractivity contribution in [1.29, 1.82) is 0 Å². The zero-order valence-electron chi connectivity index (χ0n) is 17.6. The molecule has 0 aromatic heterocycles. The Morgan fingerprint density at radius 1 is 0.833 bits per heavy atom. The van der Waals surface area contributed by atoms with Gasteiger partial charge in [0.15, 0.2) is 0 Å². The quantitative estimate of drug-likeness (QED) is 0.317. The molecule has 0 aliphatic heterocycles. The summed E-state index contributed by atoms with van der Waals surface area (Å²) in [6.07, 6.45) is 10.1. The van der Waals surface area contributed by atoms with E-state index < -0.39 is 0 Å². The summed E-state index contributed by atoms with van der Waals surface area (Å²) in [5, 5.41) is 0. The van der Waals surface area contributed by atoms with Gasteiger partial charge in [0.2, 0.25) is 0 Å². The maximum atomic E-state index is 14.7. The van der Waals surface area contributed by atoms with Crippen molar-refractivity contribution >= 4 is 0 Å². The Morgan fingerprint density at radius 2 is 1.47 bits per heavy atom. The Hall–Kier alpha value is -3.13. The Morgan fingerprint density at radius 3 is 2.10 bits per heavy atom. The predicted octanol–water partition coefficient (Wildman–Crippen LogP) is 7.70. The molecule has 0 aliphatic carbocycles. The summed E-state index contributed by atoms with van der Waals surface area (Å²) in [5.74, 6) is 0.267. The van der Waals surface area contributed by atoms with Crippen molar-refractivity contribution in [3.63, 3.8) is 0 Å². The van der Waals surface area contributed by atoms with E-state index in [0.717, 1.165) is 36.8 Å². The molecule has 2 heteroatoms. The Labute approximate surface area is 179 Å². The minimum absolute atomic E-state index is 0.270. The monoisotopic (exact) mass is 400 g/mol. The van der Waals surface area contributed by atoms with Gasteiger partial charge in [0, 0.05) is 11.6 Å². The van der Waals surface area contributed by atoms with E-state index in [9.17, 15) is 4.39 Å². The molecule has 0 amide bonds. The molecule has 0 heterocycles. The average Bonchev–Trinajstić information content (AvgIpc) is 2.78. The lowest BCUT2D eigenvalue weighted by Crippen LogP contribution is -1.97. The first-order valence-corrected chi connectivity index (χ1v) is 10.5. The van der Waals surface area contributed by atoms with Crippen LogP contribution < -0.4 is 4.74 Å². The molecule has 0 bridgehead atoms. The summed E-state index contributed by atoms with van der Waals surface area (Å²) in [6, 6.07) is 21.5. The summed E-state index contributed by atoms with van der Waals surface area (Å²) in [4.78, 5) is 0. The maximum absolute atomic E-state index is 14.7. The standard InChI is InChI=1S/C28H29FO/c1-3-5-7-9-23-14-16-25(17-15-23)27-19-18-26(20-28(27)29)30-21-24-12-10-22(11-13-24)8-6-4-2/h3-5,10-20H,2,6-9,21H2,1H3/b5-3+. The fraction of sp³-hybridized carbons (Fsp3) is 0.214. The molecule has 0 N–H and O–H groups in total. The highest BCUT2D eigenvalue weighted by molar-refractivity contribution is 5.65. The molecule has 0 fully saturated rings. The second kappa shape index (κ2) is 11.2. The van der Waals surface area contributed by atoms with Gasteiger partial charge in [0.25, 0.3) is 0 Å². The first-order valence-electron chi connectivity index (χ1n) is 10.5. The highest BCUT2D eigenvalue weighted by Crippen LogP contribution is 2.27. The van der Waals surface area contributed by atoms with Gasteiger partial charge in [0.1, 0.15) is 18.2 Å². The van der Waals surface area contributed by atoms with Crippen LogP contribution in [0, 0.1) is 5.82 Å². The zero-order chi connectivity index (χ0) is 21.2. The van der Waals surface area contributed by atoms with E-state index in [0.29, 0.717) is 17.9 Å². The molecule has 0 radical (unpaired) electrons. The third kappa shape index (κ3) is 6.18. The van der Waals surface area contributed by atoms with Crippen LogP contribution in [0.1, 0.15) is 36.5 Å². The molecule has 1 nitrogen and oxygen atoms in total. The zero-order valence-corrected chi connectivity index (χ0v) is 17.6. The number of rotatable bonds is 10. The number of aryl methyl sites for hydroxylation is 2. The topological polar surface area (TPSA) is 9.23 Å². The van der Waals surface area contributed by atoms with Gasteiger partial charge in [-0.15, -0.1) is 6.58 Å². The Bertz CT molecular complexity index is 969. The molecular formula is C28H29FO. The molecule has 3 rings (SSSR count). The van der Waals surface area contributed by atoms with Crippen LogP contribution in [-0.4, -0.2) is 0 Å². The number of hydrogen-bond donors (Lipinski definition) is 0. The normalized spacial score (nSPS) is 11.0. The lowest BCUT2D eigenvalue weighted by Gasteiger charge is -2.10. The molecule has 0 saturated heterocycles. The molecule has 0 unspecified atom stereocenters. The van der Waals surface area contributed by atoms with Crippen LogP contribution >= 0.6 is 0 Å². The molecule has 0 spiro atoms. The molecule has 3 aromatic rings. The summed E-state index contributed by atoms with van der Waals surface area (Å²) >= 11 is 0. The lowest BCUT2D eigenvalue weighted by molar-refractivity contribution is 0.304. The van der Waals surface area contributed by atoms with Crippen LogP contribution in [0.4, 0.5) is 4.39 Å². The smallest absolute Gasteiger partial charge is 0.134 e. The Balaban J connectivity index is 1.60. The molecular weight excluding hydrogens is 371 g/mol. The van der Waals surface area contributed by atoms with Crippen molar-refractivity contribution in [1.82, 2.24) is 0 Å². The van der Waals surface area contributed by atoms with Gasteiger partial charge in [0.05, 0.1) is 0 Å². The van der Waals surface area contributed by atoms with Crippen molar-refractivity contribution in [3.8, 4) is 16.9 Å². The predicted molar refractivity (Wildman–Crippen MR) is 124 cm³/mol. The third-order valence-electron chi connectivity index (χ3n) is 5.11. The first kappa shape index (κ1) is 21.6. The van der Waals surface area contributed by atoms with Gasteiger partial charge in [-0.25, -0.2) is 4.39 Å². The highest BCUT2D eigenvalue weighted by atomic mass is 19.1. The second-order valence-corrected chi connectivity index (χ2v) is 7.38. The van der Waals surface area contributed by atoms with E-state index in [1.807, 2.05) is 31.2 Å². The molecule has 30 heavy (non-hydrogen) atoms. The largest absolute Gasteiger partial charge is 0.489 e. The second-order valence-electron chi connectivity index (χ2n) is 7.38. The highest BCUT2D eigenvalue weighted by Gasteiger charge is 2.07. The van der Waals surface area contributed by atoms with Crippen LogP contribution in [0.5, 0.6) is 5.75 Å². The number of ether oxygens (including phenoxy) is 1. The number of halogens is 1. The van der Waals surface area contributed by atoms with E-state index in [1.54, 1.807) is 6.07 Å². The SMILES string of the molecule is C=CCCc1ccc(COc2ccc(-c3ccc(CC/C=C/C)cc3)c(F)c2)cc1. The molecule has 0 atom stereocenters. The van der Waals surface area contributed by atoms with Crippen LogP contribution in [0.15, 0.2) is 91.5 Å². The molecule has 154 valence electrons. The van der Waals surface area contributed by atoms with Gasteiger partial charge in [-0.05, 0) is 67.0 Å². The van der Waals surface area contributed by atoms with Crippen LogP contribution in [0.2, 0.25) is 0 Å². The van der Waals surface area contributed by atoms with E-state index in [-0.39, 0.29) is 5.82 Å². The van der Waals surface area contributed by atoms with Crippen molar-refractivity contribution in [2.24, 2.45) is 0 Å². The molecule has 3 aromatic carbocycles. The van der Waals surface area contributed by atoms with Crippen LogP contribution in [0.25, 0.3) is 11.1 Å². The molecule has 0 saturated carbocycles. The van der Waals surface area contributed by atoms with Crippen LogP contribution in [-0.2, 0) is 19.4 Å². The van der Waals surface area contributed by atoms with Crippen molar-refractivity contribution in [2.75, 3.05) is 0 Å². The first-order chi connectivity index (χ1) is 14.7. The van der Waals surface area contributed by atoms with E-state index in [1.165, 1.54) is 17.2 Å². The fourth-order valence-corrected chi connectivity index (χ4v) is 3.32. The fourth-order valence-electron chi connectivity index (χ4n) is 3.32. The Kier molecular flexibility index (Phi) is 8.02. The van der Waals surface area contributed by atoms with E-state index in [4.69, 9.17) is 4.74 Å². The lowest BCUT2D eigenvalue weighted by atomic mass is 10.0. The van der Waals surface area contributed by atoms with Crippen molar-refractivity contribution < 1.29 is 9.13 Å². The van der Waals surface area contributed by atoms with Gasteiger partial charge in [-0.2, -0.15) is 0 Å². The average molecular weight is 401 g/mol. The summed E-state index contributed by atoms with van der Waals surface area (Å²) < 4.78 is 20.5. The number of hydrogen-bond acceptors (Lipinski definition) is 1. The van der Waals surface area contributed by atoms with Crippen molar-refractivity contribution in [3.05, 3.63) is 114 Å². The maximum Gasteiger partial charge on any atom is 0.134 e. The minimum Gasteiger partial charge on any atom is -0.489 e. The minimum atomic E-state index is -0.270. The number of benzene rings is 3. The summed E-state index contributed by atoms with van der Waals surface area (Å²) in [7, 11) is 0. The molecule has 0 aliphatic rings. The van der Waals surface area contributed by atoms with Gasteiger partial charge in [-0.1, -0.05) is 66.8 Å². The van der Waals surface area contributed by atoms with Gasteiger partial charge < -0.3 is 4.74 Å². The third-order valence-corrected chi connectivity index (χ3v) is 5.11. The van der Waals surface area contributed by atoms with Gasteiger partial charge >= 0.3 is 0 Å². The van der Waals surface area contributed by atoms with Gasteiger partial charge in [-0.3, -0.25) is 0 Å². The van der Waals surface area contributed by atoms with E-state index >= 15 is 0 Å². The van der Waals surface area contributed by atoms with Crippen molar-refractivity contribution in [2.45, 2.75) is 39.2 Å². The summed E-state index contributed by atoms with van der Waals surface area (Å²) in [6.45, 7) is 6.20. The number of allylic oxidation sites excluding steroid dienone is 3. The van der Waals surface area contributed by atoms with Crippen LogP contribution in [0.3, 0.4) is 0 Å².